The van der Waals surface area contributed by atoms with E-state index in [1.165, 1.54) is 10.6 Å². The normalized spacial score (nSPS) is 22.0. The molecule has 0 N–H and O–H groups in total. The lowest BCUT2D eigenvalue weighted by Gasteiger charge is -2.25. The van der Waals surface area contributed by atoms with Crippen LogP contribution in [0.15, 0.2) is 64.0 Å². The van der Waals surface area contributed by atoms with Crippen LogP contribution in [0.5, 0.6) is 0 Å². The number of para-hydroxylation sites is 1. The number of Topliss-reactive ketones (excluding diaryl/α,β-unsaturated/α-hetero) is 1. The molecule has 2 aliphatic rings. The fourth-order valence-electron chi connectivity index (χ4n) is 3.47. The highest BCUT2D eigenvalue weighted by Crippen LogP contribution is 2.52. The van der Waals surface area contributed by atoms with Gasteiger partial charge in [0.1, 0.15) is 0 Å². The van der Waals surface area contributed by atoms with E-state index in [2.05, 4.69) is 36.9 Å². The Morgan fingerprint density at radius 1 is 1.00 bits per heavy atom. The summed E-state index contributed by atoms with van der Waals surface area (Å²) in [6.45, 7) is 4.30. The Bertz CT molecular complexity index is 835. The highest BCUT2D eigenvalue weighted by atomic mass is 32.2. The van der Waals surface area contributed by atoms with Gasteiger partial charge in [-0.2, -0.15) is 0 Å². The molecule has 0 bridgehead atoms. The number of carbonyl (C=O) groups excluding carboxylic acids is 1. The highest BCUT2D eigenvalue weighted by molar-refractivity contribution is 8.03. The maximum absolute atomic E-state index is 13.0. The molecule has 0 fully saturated rings. The number of hydrogen-bond acceptors (Lipinski definition) is 3. The summed E-state index contributed by atoms with van der Waals surface area (Å²) >= 11 is 1.70. The SMILES string of the molecule is CN1/C(=C2/C(=O)c3ccccc3C2(C)C)Sc2ccccc21. The number of thioether (sulfide) groups is 1. The minimum absolute atomic E-state index is 0.169. The van der Waals surface area contributed by atoms with Crippen LogP contribution in [0.3, 0.4) is 0 Å². The quantitative estimate of drug-likeness (QED) is 0.663. The first-order valence-corrected chi connectivity index (χ1v) is 8.23. The number of fused-ring (bicyclic) bond motifs is 2. The number of anilines is 1. The Hall–Kier alpha value is -2.00. The van der Waals surface area contributed by atoms with Crippen molar-refractivity contribution in [1.29, 1.82) is 0 Å². The van der Waals surface area contributed by atoms with Crippen LogP contribution in [0.4, 0.5) is 5.69 Å². The molecule has 1 aliphatic heterocycles. The summed E-state index contributed by atoms with van der Waals surface area (Å²) in [6, 6.07) is 16.3. The summed E-state index contributed by atoms with van der Waals surface area (Å²) in [5, 5.41) is 1.06. The zero-order valence-corrected chi connectivity index (χ0v) is 13.7. The van der Waals surface area contributed by atoms with Crippen LogP contribution in [-0.4, -0.2) is 12.8 Å². The van der Waals surface area contributed by atoms with Gasteiger partial charge in [0.15, 0.2) is 5.78 Å². The number of benzene rings is 2. The molecule has 3 heteroatoms. The van der Waals surface area contributed by atoms with Crippen LogP contribution in [0.25, 0.3) is 0 Å². The minimum Gasteiger partial charge on any atom is -0.338 e. The molecule has 4 rings (SSSR count). The van der Waals surface area contributed by atoms with Gasteiger partial charge in [-0.05, 0) is 17.7 Å². The minimum atomic E-state index is -0.258. The molecule has 1 aliphatic carbocycles. The molecule has 0 amide bonds. The second-order valence-electron chi connectivity index (χ2n) is 6.31. The predicted molar refractivity (Wildman–Crippen MR) is 91.5 cm³/mol. The number of allylic oxidation sites excluding steroid dienone is 1. The van der Waals surface area contributed by atoms with E-state index >= 15 is 0 Å². The molecule has 2 aromatic carbocycles. The van der Waals surface area contributed by atoms with Crippen LogP contribution in [-0.2, 0) is 5.41 Å². The topological polar surface area (TPSA) is 20.3 Å². The maximum Gasteiger partial charge on any atom is 0.192 e. The molecule has 0 aromatic heterocycles. The van der Waals surface area contributed by atoms with Gasteiger partial charge in [0, 0.05) is 28.5 Å². The molecule has 1 heterocycles. The lowest BCUT2D eigenvalue weighted by molar-refractivity contribution is 0.103. The van der Waals surface area contributed by atoms with Crippen molar-refractivity contribution in [3.63, 3.8) is 0 Å². The monoisotopic (exact) mass is 307 g/mol. The molecule has 0 unspecified atom stereocenters. The van der Waals surface area contributed by atoms with Crippen molar-refractivity contribution in [3.8, 4) is 0 Å². The van der Waals surface area contributed by atoms with Crippen LogP contribution >= 0.6 is 11.8 Å². The summed E-state index contributed by atoms with van der Waals surface area (Å²) in [4.78, 5) is 16.4. The third kappa shape index (κ3) is 1.66. The largest absolute Gasteiger partial charge is 0.338 e. The van der Waals surface area contributed by atoms with Gasteiger partial charge in [-0.25, -0.2) is 0 Å². The maximum atomic E-state index is 13.0. The van der Waals surface area contributed by atoms with E-state index in [9.17, 15) is 4.79 Å². The highest BCUT2D eigenvalue weighted by Gasteiger charge is 2.44. The standard InChI is InChI=1S/C19H17NOS/c1-19(2)13-9-5-4-8-12(13)17(21)16(19)18-20(3)14-10-6-7-11-15(14)22-18/h4-11H,1-3H3/b18-16+. The number of nitrogens with zero attached hydrogens (tertiary/aromatic N) is 1. The molecule has 0 atom stereocenters. The summed E-state index contributed by atoms with van der Waals surface area (Å²) in [5.41, 5.74) is 3.81. The van der Waals surface area contributed by atoms with Crippen molar-refractivity contribution < 1.29 is 4.79 Å². The predicted octanol–water partition coefficient (Wildman–Crippen LogP) is 4.61. The van der Waals surface area contributed by atoms with E-state index in [1.807, 2.05) is 37.4 Å². The lowest BCUT2D eigenvalue weighted by atomic mass is 9.83. The first-order chi connectivity index (χ1) is 10.5. The fourth-order valence-corrected chi connectivity index (χ4v) is 4.81. The van der Waals surface area contributed by atoms with E-state index < -0.39 is 0 Å². The summed E-state index contributed by atoms with van der Waals surface area (Å²) in [6.07, 6.45) is 0. The molecular weight excluding hydrogens is 290 g/mol. The van der Waals surface area contributed by atoms with Gasteiger partial charge in [-0.15, -0.1) is 0 Å². The molecule has 0 radical (unpaired) electrons. The third-order valence-electron chi connectivity index (χ3n) is 4.65. The molecule has 2 nitrogen and oxygen atoms in total. The fraction of sp³-hybridized carbons (Fsp3) is 0.211. The first-order valence-electron chi connectivity index (χ1n) is 7.41. The number of carbonyl (C=O) groups is 1. The van der Waals surface area contributed by atoms with Crippen molar-refractivity contribution in [1.82, 2.24) is 0 Å². The molecule has 0 saturated heterocycles. The van der Waals surface area contributed by atoms with Gasteiger partial charge in [-0.1, -0.05) is 62.0 Å². The van der Waals surface area contributed by atoms with Crippen molar-refractivity contribution in [2.75, 3.05) is 11.9 Å². The van der Waals surface area contributed by atoms with Gasteiger partial charge in [0.05, 0.1) is 10.7 Å². The average Bonchev–Trinajstić information content (AvgIpc) is 2.94. The zero-order valence-electron chi connectivity index (χ0n) is 12.9. The summed E-state index contributed by atoms with van der Waals surface area (Å²) < 4.78 is 0. The number of hydrogen-bond donors (Lipinski definition) is 0. The van der Waals surface area contributed by atoms with E-state index in [-0.39, 0.29) is 11.2 Å². The number of rotatable bonds is 0. The smallest absolute Gasteiger partial charge is 0.192 e. The Kier molecular flexibility index (Phi) is 2.79. The Labute approximate surface area is 134 Å². The van der Waals surface area contributed by atoms with Crippen LogP contribution in [0.1, 0.15) is 29.8 Å². The van der Waals surface area contributed by atoms with Gasteiger partial charge in [-0.3, -0.25) is 4.79 Å². The van der Waals surface area contributed by atoms with Crippen LogP contribution in [0, 0.1) is 0 Å². The molecule has 0 saturated carbocycles. The summed E-state index contributed by atoms with van der Waals surface area (Å²) in [5.74, 6) is 0.169. The van der Waals surface area contributed by atoms with Gasteiger partial charge < -0.3 is 4.90 Å². The first kappa shape index (κ1) is 13.6. The molecular formula is C19H17NOS. The lowest BCUT2D eigenvalue weighted by Crippen LogP contribution is -2.23. The Balaban J connectivity index is 1.94. The zero-order chi connectivity index (χ0) is 15.5. The molecule has 2 aromatic rings. The van der Waals surface area contributed by atoms with Gasteiger partial charge in [0.25, 0.3) is 0 Å². The number of ketones is 1. The van der Waals surface area contributed by atoms with Crippen molar-refractivity contribution in [3.05, 3.63) is 70.3 Å². The molecule has 110 valence electrons. The second-order valence-corrected chi connectivity index (χ2v) is 7.34. The third-order valence-corrected chi connectivity index (χ3v) is 5.89. The Morgan fingerprint density at radius 2 is 1.68 bits per heavy atom. The van der Waals surface area contributed by atoms with Crippen LogP contribution in [0.2, 0.25) is 0 Å². The van der Waals surface area contributed by atoms with E-state index in [0.29, 0.717) is 0 Å². The van der Waals surface area contributed by atoms with E-state index in [4.69, 9.17) is 0 Å². The Morgan fingerprint density at radius 3 is 2.41 bits per heavy atom. The summed E-state index contributed by atoms with van der Waals surface area (Å²) in [7, 11) is 2.05. The van der Waals surface area contributed by atoms with Crippen molar-refractivity contribution in [2.45, 2.75) is 24.2 Å². The molecule has 0 spiro atoms. The van der Waals surface area contributed by atoms with Crippen molar-refractivity contribution >= 4 is 23.2 Å². The van der Waals surface area contributed by atoms with Gasteiger partial charge in [0.2, 0.25) is 0 Å². The van der Waals surface area contributed by atoms with E-state index in [1.54, 1.807) is 11.8 Å². The second kappa shape index (κ2) is 4.50. The average molecular weight is 307 g/mol. The molecule has 22 heavy (non-hydrogen) atoms. The van der Waals surface area contributed by atoms with Crippen LogP contribution < -0.4 is 4.90 Å². The van der Waals surface area contributed by atoms with E-state index in [0.717, 1.165) is 21.7 Å². The van der Waals surface area contributed by atoms with Crippen molar-refractivity contribution in [2.24, 2.45) is 0 Å². The van der Waals surface area contributed by atoms with Gasteiger partial charge >= 0.3 is 0 Å².